The molecule has 1 aliphatic heterocycles. The van der Waals surface area contributed by atoms with Crippen molar-refractivity contribution in [3.63, 3.8) is 0 Å². The number of carbonyl (C=O) groups is 1. The minimum absolute atomic E-state index is 0.226. The Morgan fingerprint density at radius 3 is 2.74 bits per heavy atom. The molecule has 1 aromatic carbocycles. The first kappa shape index (κ1) is 13.9. The van der Waals surface area contributed by atoms with E-state index < -0.39 is 5.97 Å². The lowest BCUT2D eigenvalue weighted by Crippen LogP contribution is -2.44. The van der Waals surface area contributed by atoms with Crippen molar-refractivity contribution >= 4 is 5.97 Å². The topological polar surface area (TPSA) is 60.8 Å². The summed E-state index contributed by atoms with van der Waals surface area (Å²) < 4.78 is 0. The van der Waals surface area contributed by atoms with E-state index in [4.69, 9.17) is 5.11 Å². The molecule has 0 aromatic heterocycles. The van der Waals surface area contributed by atoms with Crippen LogP contribution in [0, 0.1) is 5.92 Å². The molecule has 2 atom stereocenters. The Balaban J connectivity index is 1.93. The monoisotopic (exact) mass is 263 g/mol. The van der Waals surface area contributed by atoms with Crippen molar-refractivity contribution in [2.75, 3.05) is 13.1 Å². The summed E-state index contributed by atoms with van der Waals surface area (Å²) in [5.74, 6) is -0.627. The minimum atomic E-state index is -0.679. The summed E-state index contributed by atoms with van der Waals surface area (Å²) in [4.78, 5) is 13.3. The van der Waals surface area contributed by atoms with Crippen LogP contribution in [0.1, 0.15) is 25.3 Å². The summed E-state index contributed by atoms with van der Waals surface area (Å²) in [6.07, 6.45) is 2.63. The number of hydrogen-bond acceptors (Lipinski definition) is 3. The van der Waals surface area contributed by atoms with E-state index in [1.54, 1.807) is 12.1 Å². The third-order valence-electron chi connectivity index (χ3n) is 3.89. The van der Waals surface area contributed by atoms with Gasteiger partial charge in [0.1, 0.15) is 5.75 Å². The number of likely N-dealkylation sites (tertiary alicyclic amines) is 1. The molecule has 2 N–H and O–H groups in total. The zero-order valence-electron chi connectivity index (χ0n) is 11.2. The van der Waals surface area contributed by atoms with Crippen molar-refractivity contribution in [1.82, 2.24) is 4.90 Å². The highest BCUT2D eigenvalue weighted by molar-refractivity contribution is 5.70. The Morgan fingerprint density at radius 1 is 1.42 bits per heavy atom. The molecular formula is C15H21NO3. The number of nitrogens with zero attached hydrogens (tertiary/aromatic N) is 1. The maximum absolute atomic E-state index is 11.1. The molecule has 4 nitrogen and oxygen atoms in total. The molecule has 19 heavy (non-hydrogen) atoms. The summed E-state index contributed by atoms with van der Waals surface area (Å²) in [6.45, 7) is 3.76. The summed E-state index contributed by atoms with van der Waals surface area (Å²) in [5.41, 5.74) is 1.17. The average Bonchev–Trinajstić information content (AvgIpc) is 2.41. The molecule has 1 heterocycles. The Hall–Kier alpha value is -1.55. The van der Waals surface area contributed by atoms with E-state index in [0.717, 1.165) is 25.8 Å². The third kappa shape index (κ3) is 3.70. The van der Waals surface area contributed by atoms with Crippen LogP contribution in [0.2, 0.25) is 0 Å². The van der Waals surface area contributed by atoms with Crippen LogP contribution in [0.25, 0.3) is 0 Å². The Morgan fingerprint density at radius 2 is 2.11 bits per heavy atom. The highest BCUT2D eigenvalue weighted by Crippen LogP contribution is 2.21. The molecule has 0 spiro atoms. The molecule has 0 amide bonds. The van der Waals surface area contributed by atoms with Crippen LogP contribution in [0.4, 0.5) is 0 Å². The molecule has 2 rings (SSSR count). The second-order valence-corrected chi connectivity index (χ2v) is 5.39. The molecule has 104 valence electrons. The first-order valence-electron chi connectivity index (χ1n) is 6.81. The number of hydrogen-bond donors (Lipinski definition) is 2. The van der Waals surface area contributed by atoms with Crippen molar-refractivity contribution in [1.29, 1.82) is 0 Å². The number of aliphatic carboxylic acids is 1. The number of phenolic OH excluding ortho intramolecular Hbond substituents is 1. The van der Waals surface area contributed by atoms with Gasteiger partial charge in [0.25, 0.3) is 0 Å². The fraction of sp³-hybridized carbons (Fsp3) is 0.533. The summed E-state index contributed by atoms with van der Waals surface area (Å²) in [7, 11) is 0. The van der Waals surface area contributed by atoms with Gasteiger partial charge in [-0.25, -0.2) is 0 Å². The Kier molecular flexibility index (Phi) is 4.43. The fourth-order valence-corrected chi connectivity index (χ4v) is 2.71. The third-order valence-corrected chi connectivity index (χ3v) is 3.89. The predicted molar refractivity (Wildman–Crippen MR) is 73.2 cm³/mol. The van der Waals surface area contributed by atoms with Gasteiger partial charge in [-0.1, -0.05) is 12.1 Å². The molecule has 0 aliphatic carbocycles. The van der Waals surface area contributed by atoms with Gasteiger partial charge in [-0.15, -0.1) is 0 Å². The van der Waals surface area contributed by atoms with Gasteiger partial charge < -0.3 is 10.2 Å². The van der Waals surface area contributed by atoms with Gasteiger partial charge in [0.2, 0.25) is 0 Å². The molecule has 1 saturated heterocycles. The van der Waals surface area contributed by atoms with Crippen LogP contribution in [0.5, 0.6) is 5.75 Å². The highest BCUT2D eigenvalue weighted by atomic mass is 16.4. The van der Waals surface area contributed by atoms with Crippen LogP contribution in [-0.2, 0) is 11.2 Å². The number of rotatable bonds is 4. The van der Waals surface area contributed by atoms with E-state index in [-0.39, 0.29) is 11.7 Å². The lowest BCUT2D eigenvalue weighted by molar-refractivity contribution is -0.143. The van der Waals surface area contributed by atoms with E-state index in [1.165, 1.54) is 5.56 Å². The van der Waals surface area contributed by atoms with Gasteiger partial charge in [-0.3, -0.25) is 9.69 Å². The van der Waals surface area contributed by atoms with Crippen LogP contribution in [0.3, 0.4) is 0 Å². The van der Waals surface area contributed by atoms with Gasteiger partial charge in [0.15, 0.2) is 0 Å². The Labute approximate surface area is 113 Å². The molecule has 0 saturated carbocycles. The maximum atomic E-state index is 11.1. The number of carboxylic acids is 1. The lowest BCUT2D eigenvalue weighted by atomic mass is 9.95. The van der Waals surface area contributed by atoms with E-state index in [0.29, 0.717) is 12.6 Å². The van der Waals surface area contributed by atoms with Crippen molar-refractivity contribution in [2.45, 2.75) is 32.2 Å². The number of piperidine rings is 1. The molecule has 2 unspecified atom stereocenters. The van der Waals surface area contributed by atoms with Crippen LogP contribution < -0.4 is 0 Å². The highest BCUT2D eigenvalue weighted by Gasteiger charge is 2.27. The molecule has 0 radical (unpaired) electrons. The lowest BCUT2D eigenvalue weighted by Gasteiger charge is -2.35. The molecule has 0 bridgehead atoms. The van der Waals surface area contributed by atoms with E-state index in [9.17, 15) is 9.90 Å². The summed E-state index contributed by atoms with van der Waals surface area (Å²) in [6, 6.07) is 7.55. The number of phenols is 1. The van der Waals surface area contributed by atoms with E-state index in [2.05, 4.69) is 11.8 Å². The largest absolute Gasteiger partial charge is 0.508 e. The number of carboxylic acid groups (broad SMARTS) is 1. The minimum Gasteiger partial charge on any atom is -0.508 e. The zero-order valence-corrected chi connectivity index (χ0v) is 11.2. The fourth-order valence-electron chi connectivity index (χ4n) is 2.71. The van der Waals surface area contributed by atoms with Gasteiger partial charge in [0.05, 0.1) is 5.92 Å². The normalized spacial score (nSPS) is 22.1. The number of benzene rings is 1. The molecule has 1 aliphatic rings. The quantitative estimate of drug-likeness (QED) is 0.873. The second-order valence-electron chi connectivity index (χ2n) is 5.39. The molecular weight excluding hydrogens is 242 g/mol. The summed E-state index contributed by atoms with van der Waals surface area (Å²) >= 11 is 0. The first-order valence-corrected chi connectivity index (χ1v) is 6.81. The average molecular weight is 263 g/mol. The summed E-state index contributed by atoms with van der Waals surface area (Å²) in [5, 5.41) is 18.4. The second kappa shape index (κ2) is 6.06. The van der Waals surface area contributed by atoms with Gasteiger partial charge >= 0.3 is 5.97 Å². The van der Waals surface area contributed by atoms with Crippen molar-refractivity contribution in [3.05, 3.63) is 29.8 Å². The van der Waals surface area contributed by atoms with Crippen molar-refractivity contribution in [2.24, 2.45) is 5.92 Å². The predicted octanol–water partition coefficient (Wildman–Crippen LogP) is 2.12. The van der Waals surface area contributed by atoms with E-state index in [1.807, 2.05) is 12.1 Å². The smallest absolute Gasteiger partial charge is 0.307 e. The van der Waals surface area contributed by atoms with E-state index >= 15 is 0 Å². The van der Waals surface area contributed by atoms with Gasteiger partial charge in [0, 0.05) is 12.6 Å². The van der Waals surface area contributed by atoms with Crippen molar-refractivity contribution < 1.29 is 15.0 Å². The molecule has 4 heteroatoms. The van der Waals surface area contributed by atoms with Gasteiger partial charge in [-0.05, 0) is 50.4 Å². The Bertz CT molecular complexity index is 430. The van der Waals surface area contributed by atoms with Crippen LogP contribution in [0.15, 0.2) is 24.3 Å². The van der Waals surface area contributed by atoms with Gasteiger partial charge in [-0.2, -0.15) is 0 Å². The molecule has 1 fully saturated rings. The SMILES string of the molecule is CC(Cc1ccc(O)cc1)N1CCCC(C(=O)O)C1. The first-order chi connectivity index (χ1) is 9.06. The van der Waals surface area contributed by atoms with Crippen LogP contribution >= 0.6 is 0 Å². The zero-order chi connectivity index (χ0) is 13.8. The molecule has 1 aromatic rings. The number of aromatic hydroxyl groups is 1. The van der Waals surface area contributed by atoms with Crippen LogP contribution in [-0.4, -0.2) is 40.2 Å². The maximum Gasteiger partial charge on any atom is 0.307 e. The standard InChI is InChI=1S/C15H21NO3/c1-11(9-12-4-6-14(17)7-5-12)16-8-2-3-13(10-16)15(18)19/h4-7,11,13,17H,2-3,8-10H2,1H3,(H,18,19). The van der Waals surface area contributed by atoms with Crippen molar-refractivity contribution in [3.8, 4) is 5.75 Å².